The van der Waals surface area contributed by atoms with Gasteiger partial charge in [0, 0.05) is 24.2 Å². The number of amides is 1. The van der Waals surface area contributed by atoms with Crippen molar-refractivity contribution in [2.75, 3.05) is 26.2 Å². The van der Waals surface area contributed by atoms with Crippen LogP contribution < -0.4 is 0 Å². The quantitative estimate of drug-likeness (QED) is 0.909. The van der Waals surface area contributed by atoms with Gasteiger partial charge in [0.15, 0.2) is 0 Å². The Bertz CT molecular complexity index is 543. The summed E-state index contributed by atoms with van der Waals surface area (Å²) in [4.78, 5) is 17.1. The van der Waals surface area contributed by atoms with Gasteiger partial charge in [-0.1, -0.05) is 11.6 Å². The molecular weight excluding hydrogens is 300 g/mol. The minimum Gasteiger partial charge on any atom is -0.507 e. The molecule has 1 N–H and O–H groups in total. The Morgan fingerprint density at radius 3 is 2.59 bits per heavy atom. The summed E-state index contributed by atoms with van der Waals surface area (Å²) in [6.07, 6.45) is 5.83. The molecule has 1 aromatic carbocycles. The Balaban J connectivity index is 1.66. The highest BCUT2D eigenvalue weighted by atomic mass is 35.5. The van der Waals surface area contributed by atoms with Gasteiger partial charge in [0.05, 0.1) is 5.56 Å². The number of carbonyl (C=O) groups is 1. The number of rotatable bonds is 2. The molecule has 1 atom stereocenters. The number of carbonyl (C=O) groups excluding carboxylic acids is 1. The first-order valence-corrected chi connectivity index (χ1v) is 8.55. The van der Waals surface area contributed by atoms with Crippen LogP contribution in [-0.2, 0) is 0 Å². The van der Waals surface area contributed by atoms with Gasteiger partial charge in [-0.15, -0.1) is 0 Å². The van der Waals surface area contributed by atoms with Gasteiger partial charge in [-0.3, -0.25) is 4.79 Å². The van der Waals surface area contributed by atoms with Crippen LogP contribution in [0.2, 0.25) is 5.02 Å². The molecule has 2 fully saturated rings. The molecule has 5 heteroatoms. The third-order valence-electron chi connectivity index (χ3n) is 4.83. The third kappa shape index (κ3) is 3.39. The van der Waals surface area contributed by atoms with Crippen molar-refractivity contribution in [3.05, 3.63) is 28.8 Å². The van der Waals surface area contributed by atoms with E-state index < -0.39 is 0 Å². The summed E-state index contributed by atoms with van der Waals surface area (Å²) < 4.78 is 0. The molecule has 2 aliphatic heterocycles. The maximum atomic E-state index is 12.6. The average molecular weight is 323 g/mol. The van der Waals surface area contributed by atoms with Crippen molar-refractivity contribution >= 4 is 17.5 Å². The van der Waals surface area contributed by atoms with Gasteiger partial charge in [-0.25, -0.2) is 0 Å². The summed E-state index contributed by atoms with van der Waals surface area (Å²) in [5.41, 5.74) is 0.351. The van der Waals surface area contributed by atoms with E-state index >= 15 is 0 Å². The summed E-state index contributed by atoms with van der Waals surface area (Å²) in [5, 5.41) is 10.4. The number of nitrogens with zero attached hydrogens (tertiary/aromatic N) is 2. The van der Waals surface area contributed by atoms with Crippen molar-refractivity contribution in [1.82, 2.24) is 9.80 Å². The molecule has 0 spiro atoms. The molecule has 1 aromatic rings. The fourth-order valence-corrected chi connectivity index (χ4v) is 3.78. The largest absolute Gasteiger partial charge is 0.507 e. The SMILES string of the molecule is O=C(c1ccc(Cl)cc1O)N1CCC[C@H](N2CCCC2)CC1. The summed E-state index contributed by atoms with van der Waals surface area (Å²) in [6.45, 7) is 3.94. The number of hydrogen-bond acceptors (Lipinski definition) is 3. The molecule has 120 valence electrons. The van der Waals surface area contributed by atoms with Crippen LogP contribution in [0.5, 0.6) is 5.75 Å². The Labute approximate surface area is 136 Å². The standard InChI is InChI=1S/C17H23ClN2O2/c18-13-5-6-15(16(21)12-13)17(22)20-10-3-4-14(7-11-20)19-8-1-2-9-19/h5-6,12,14,21H,1-4,7-11H2/t14-/m0/s1. The fraction of sp³-hybridized carbons (Fsp3) is 0.588. The molecule has 3 rings (SSSR count). The lowest BCUT2D eigenvalue weighted by Crippen LogP contribution is -2.35. The molecule has 2 heterocycles. The third-order valence-corrected chi connectivity index (χ3v) is 5.07. The maximum Gasteiger partial charge on any atom is 0.257 e. The zero-order valence-corrected chi connectivity index (χ0v) is 13.6. The van der Waals surface area contributed by atoms with E-state index in [2.05, 4.69) is 4.90 Å². The molecule has 1 amide bonds. The first-order chi connectivity index (χ1) is 10.6. The molecule has 0 saturated carbocycles. The molecule has 4 nitrogen and oxygen atoms in total. The van der Waals surface area contributed by atoms with E-state index in [1.54, 1.807) is 12.1 Å². The van der Waals surface area contributed by atoms with E-state index in [0.29, 0.717) is 16.6 Å². The van der Waals surface area contributed by atoms with Gasteiger partial charge in [-0.05, 0) is 63.4 Å². The first kappa shape index (κ1) is 15.6. The van der Waals surface area contributed by atoms with Crippen LogP contribution in [0.4, 0.5) is 0 Å². The van der Waals surface area contributed by atoms with Gasteiger partial charge in [0.25, 0.3) is 5.91 Å². The number of phenolic OH excluding ortho intramolecular Hbond substituents is 1. The van der Waals surface area contributed by atoms with Gasteiger partial charge in [0.2, 0.25) is 0 Å². The average Bonchev–Trinajstić information content (AvgIpc) is 2.91. The molecule has 22 heavy (non-hydrogen) atoms. The molecule has 0 bridgehead atoms. The summed E-state index contributed by atoms with van der Waals surface area (Å²) in [5.74, 6) is -0.117. The van der Waals surface area contributed by atoms with Crippen molar-refractivity contribution in [1.29, 1.82) is 0 Å². The van der Waals surface area contributed by atoms with Gasteiger partial charge in [-0.2, -0.15) is 0 Å². The van der Waals surface area contributed by atoms with Crippen LogP contribution in [0.1, 0.15) is 42.5 Å². The number of phenols is 1. The molecule has 2 saturated heterocycles. The number of benzene rings is 1. The van der Waals surface area contributed by atoms with Crippen molar-refractivity contribution in [2.45, 2.75) is 38.1 Å². The molecule has 2 aliphatic rings. The molecule has 0 aromatic heterocycles. The monoisotopic (exact) mass is 322 g/mol. The van der Waals surface area contributed by atoms with Crippen LogP contribution in [0, 0.1) is 0 Å². The molecular formula is C17H23ClN2O2. The fourth-order valence-electron chi connectivity index (χ4n) is 3.61. The maximum absolute atomic E-state index is 12.6. The highest BCUT2D eigenvalue weighted by Gasteiger charge is 2.27. The Kier molecular flexibility index (Phi) is 4.89. The van der Waals surface area contributed by atoms with Gasteiger partial charge < -0.3 is 14.9 Å². The first-order valence-electron chi connectivity index (χ1n) is 8.17. The van der Waals surface area contributed by atoms with E-state index in [4.69, 9.17) is 11.6 Å². The second-order valence-corrected chi connectivity index (χ2v) is 6.72. The normalized spacial score (nSPS) is 23.5. The lowest BCUT2D eigenvalue weighted by molar-refractivity contribution is 0.0754. The molecule has 0 radical (unpaired) electrons. The van der Waals surface area contributed by atoms with Crippen molar-refractivity contribution < 1.29 is 9.90 Å². The number of aromatic hydroxyl groups is 1. The lowest BCUT2D eigenvalue weighted by Gasteiger charge is -2.26. The number of halogens is 1. The highest BCUT2D eigenvalue weighted by Crippen LogP contribution is 2.26. The summed E-state index contributed by atoms with van der Waals surface area (Å²) >= 11 is 5.83. The minimum atomic E-state index is -0.0868. The molecule has 0 unspecified atom stereocenters. The van der Waals surface area contributed by atoms with Crippen LogP contribution in [0.25, 0.3) is 0 Å². The van der Waals surface area contributed by atoms with Crippen LogP contribution in [-0.4, -0.2) is 53.0 Å². The second kappa shape index (κ2) is 6.88. The van der Waals surface area contributed by atoms with Crippen LogP contribution in [0.15, 0.2) is 18.2 Å². The summed E-state index contributed by atoms with van der Waals surface area (Å²) in [7, 11) is 0. The van der Waals surface area contributed by atoms with Gasteiger partial charge >= 0.3 is 0 Å². The minimum absolute atomic E-state index is 0.0298. The predicted molar refractivity (Wildman–Crippen MR) is 87.5 cm³/mol. The smallest absolute Gasteiger partial charge is 0.257 e. The van der Waals surface area contributed by atoms with Crippen molar-refractivity contribution in [2.24, 2.45) is 0 Å². The highest BCUT2D eigenvalue weighted by molar-refractivity contribution is 6.30. The predicted octanol–water partition coefficient (Wildman–Crippen LogP) is 3.14. The van der Waals surface area contributed by atoms with Crippen LogP contribution >= 0.6 is 11.6 Å². The second-order valence-electron chi connectivity index (χ2n) is 6.28. The Morgan fingerprint density at radius 1 is 1.09 bits per heavy atom. The lowest BCUT2D eigenvalue weighted by atomic mass is 10.1. The number of hydrogen-bond donors (Lipinski definition) is 1. The van der Waals surface area contributed by atoms with Crippen molar-refractivity contribution in [3.8, 4) is 5.75 Å². The van der Waals surface area contributed by atoms with E-state index in [1.807, 2.05) is 4.90 Å². The van der Waals surface area contributed by atoms with E-state index in [-0.39, 0.29) is 11.7 Å². The van der Waals surface area contributed by atoms with E-state index in [0.717, 1.165) is 32.4 Å². The Hall–Kier alpha value is -1.26. The number of likely N-dealkylation sites (tertiary alicyclic amines) is 2. The zero-order chi connectivity index (χ0) is 15.5. The van der Waals surface area contributed by atoms with Crippen LogP contribution in [0.3, 0.4) is 0 Å². The van der Waals surface area contributed by atoms with Gasteiger partial charge in [0.1, 0.15) is 5.75 Å². The molecule has 0 aliphatic carbocycles. The summed E-state index contributed by atoms with van der Waals surface area (Å²) in [6, 6.07) is 5.31. The van der Waals surface area contributed by atoms with E-state index in [1.165, 1.54) is 32.0 Å². The zero-order valence-electron chi connectivity index (χ0n) is 12.8. The van der Waals surface area contributed by atoms with E-state index in [9.17, 15) is 9.90 Å². The topological polar surface area (TPSA) is 43.8 Å². The van der Waals surface area contributed by atoms with Crippen molar-refractivity contribution in [3.63, 3.8) is 0 Å². The Morgan fingerprint density at radius 2 is 1.86 bits per heavy atom.